The minimum atomic E-state index is 0.0335. The Bertz CT molecular complexity index is 1370. The Morgan fingerprint density at radius 3 is 2.56 bits per heavy atom. The first-order valence-electron chi connectivity index (χ1n) is 13.8. The maximum Gasteiger partial charge on any atom is 0.267 e. The van der Waals surface area contributed by atoms with Crippen molar-refractivity contribution in [2.45, 2.75) is 59.1 Å². The molecule has 6 heteroatoms. The molecule has 5 nitrogen and oxygen atoms in total. The van der Waals surface area contributed by atoms with Crippen molar-refractivity contribution in [3.63, 3.8) is 0 Å². The van der Waals surface area contributed by atoms with E-state index >= 15 is 0 Å². The van der Waals surface area contributed by atoms with Gasteiger partial charge in [0.1, 0.15) is 6.61 Å². The molecule has 1 heterocycles. The molecule has 3 aromatic carbocycles. The second kappa shape index (κ2) is 12.6. The topological polar surface area (TPSA) is 51.1 Å². The van der Waals surface area contributed by atoms with Gasteiger partial charge in [-0.3, -0.25) is 9.69 Å². The number of amides is 1. The molecule has 0 radical (unpaired) electrons. The van der Waals surface area contributed by atoms with Crippen LogP contribution >= 0.6 is 11.8 Å². The zero-order chi connectivity index (χ0) is 27.2. The lowest BCUT2D eigenvalue weighted by Crippen LogP contribution is -2.44. The molecule has 3 aromatic rings. The summed E-state index contributed by atoms with van der Waals surface area (Å²) in [5, 5.41) is 0.763. The van der Waals surface area contributed by atoms with E-state index in [4.69, 9.17) is 14.5 Å². The predicted octanol–water partition coefficient (Wildman–Crippen LogP) is 8.16. The van der Waals surface area contributed by atoms with Crippen molar-refractivity contribution in [1.82, 2.24) is 4.90 Å². The van der Waals surface area contributed by atoms with Crippen LogP contribution in [0.25, 0.3) is 6.08 Å². The van der Waals surface area contributed by atoms with Gasteiger partial charge in [0.25, 0.3) is 5.91 Å². The zero-order valence-electron chi connectivity index (χ0n) is 22.9. The number of hydrogen-bond acceptors (Lipinski definition) is 5. The summed E-state index contributed by atoms with van der Waals surface area (Å²) in [7, 11) is 0. The monoisotopic (exact) mass is 540 g/mol. The number of nitrogens with zero attached hydrogens (tertiary/aromatic N) is 2. The van der Waals surface area contributed by atoms with Crippen LogP contribution in [0.4, 0.5) is 5.69 Å². The molecule has 0 bridgehead atoms. The van der Waals surface area contributed by atoms with Crippen LogP contribution in [0.3, 0.4) is 0 Å². The Morgan fingerprint density at radius 2 is 1.79 bits per heavy atom. The third-order valence-corrected chi connectivity index (χ3v) is 8.24. The molecular formula is C33H36N2O3S. The molecule has 2 aliphatic rings. The second-order valence-electron chi connectivity index (χ2n) is 10.3. The van der Waals surface area contributed by atoms with Crippen LogP contribution in [0.15, 0.2) is 82.7 Å². The quantitative estimate of drug-likeness (QED) is 0.271. The van der Waals surface area contributed by atoms with Gasteiger partial charge in [0.15, 0.2) is 16.7 Å². The SMILES string of the molecule is CCOc1cc(/C=C2\SC(=Nc3ccccc3)N([C@H]3CCCC[C@@H]3C)C2=O)ccc1OCc1cccc(C)c1. The van der Waals surface area contributed by atoms with Crippen LogP contribution in [-0.2, 0) is 11.4 Å². The molecule has 5 rings (SSSR count). The van der Waals surface area contributed by atoms with Crippen molar-refractivity contribution in [1.29, 1.82) is 0 Å². The molecule has 0 spiro atoms. The first-order chi connectivity index (χ1) is 19.0. The summed E-state index contributed by atoms with van der Waals surface area (Å²) in [4.78, 5) is 21.4. The summed E-state index contributed by atoms with van der Waals surface area (Å²) in [5.41, 5.74) is 4.07. The van der Waals surface area contributed by atoms with E-state index in [9.17, 15) is 4.79 Å². The normalized spacial score (nSPS) is 21.5. The maximum atomic E-state index is 13.8. The number of para-hydroxylation sites is 1. The van der Waals surface area contributed by atoms with Crippen LogP contribution < -0.4 is 9.47 Å². The molecule has 2 fully saturated rings. The van der Waals surface area contributed by atoms with Gasteiger partial charge >= 0.3 is 0 Å². The van der Waals surface area contributed by atoms with Gasteiger partial charge in [-0.1, -0.05) is 73.9 Å². The Kier molecular flexibility index (Phi) is 8.72. The number of ether oxygens (including phenoxy) is 2. The minimum Gasteiger partial charge on any atom is -0.490 e. The van der Waals surface area contributed by atoms with Gasteiger partial charge in [-0.25, -0.2) is 4.99 Å². The highest BCUT2D eigenvalue weighted by Crippen LogP contribution is 2.40. The second-order valence-corrected chi connectivity index (χ2v) is 11.3. The van der Waals surface area contributed by atoms with Crippen molar-refractivity contribution in [3.05, 3.63) is 94.4 Å². The first kappa shape index (κ1) is 27.1. The molecule has 1 aliphatic heterocycles. The fourth-order valence-electron chi connectivity index (χ4n) is 5.27. The van der Waals surface area contributed by atoms with Gasteiger partial charge in [0.05, 0.1) is 17.2 Å². The van der Waals surface area contributed by atoms with E-state index in [2.05, 4.69) is 32.0 Å². The summed E-state index contributed by atoms with van der Waals surface area (Å²) in [6.07, 6.45) is 6.46. The Hall–Kier alpha value is -3.51. The van der Waals surface area contributed by atoms with Gasteiger partial charge in [-0.2, -0.15) is 0 Å². The fourth-order valence-corrected chi connectivity index (χ4v) is 6.31. The molecule has 0 N–H and O–H groups in total. The molecule has 1 amide bonds. The summed E-state index contributed by atoms with van der Waals surface area (Å²) >= 11 is 1.46. The average Bonchev–Trinajstić information content (AvgIpc) is 3.23. The minimum absolute atomic E-state index is 0.0335. The van der Waals surface area contributed by atoms with Gasteiger partial charge < -0.3 is 9.47 Å². The van der Waals surface area contributed by atoms with Gasteiger partial charge in [-0.05, 0) is 85.8 Å². The maximum absolute atomic E-state index is 13.8. The largest absolute Gasteiger partial charge is 0.490 e. The summed E-state index contributed by atoms with van der Waals surface area (Å²) in [5.74, 6) is 1.84. The van der Waals surface area contributed by atoms with Crippen molar-refractivity contribution in [3.8, 4) is 11.5 Å². The Balaban J connectivity index is 1.42. The molecule has 39 heavy (non-hydrogen) atoms. The number of carbonyl (C=O) groups is 1. The lowest BCUT2D eigenvalue weighted by atomic mass is 9.85. The number of benzene rings is 3. The van der Waals surface area contributed by atoms with Crippen molar-refractivity contribution in [2.75, 3.05) is 6.61 Å². The molecule has 1 saturated heterocycles. The number of carbonyl (C=O) groups excluding carboxylic acids is 1. The van der Waals surface area contributed by atoms with Crippen molar-refractivity contribution in [2.24, 2.45) is 10.9 Å². The van der Waals surface area contributed by atoms with Crippen LogP contribution in [0.1, 0.15) is 56.2 Å². The van der Waals surface area contributed by atoms with E-state index in [1.807, 2.05) is 72.5 Å². The lowest BCUT2D eigenvalue weighted by Gasteiger charge is -2.35. The standard InChI is InChI=1S/C33H36N2O3S/c1-4-37-30-20-25(17-18-29(30)38-22-26-13-10-11-23(2)19-26)21-31-32(36)35(28-16-9-8-12-24(28)3)33(39-31)34-27-14-6-5-7-15-27/h5-7,10-11,13-15,17-21,24,28H,4,8-9,12,16,22H2,1-3H3/b31-21-,34-33?/t24-,28-/m0/s1. The van der Waals surface area contributed by atoms with E-state index in [1.54, 1.807) is 0 Å². The fraction of sp³-hybridized carbons (Fsp3) is 0.333. The molecule has 1 aliphatic carbocycles. The molecular weight excluding hydrogens is 504 g/mol. The Labute approximate surface area is 235 Å². The molecule has 202 valence electrons. The number of hydrogen-bond donors (Lipinski definition) is 0. The van der Waals surface area contributed by atoms with Crippen LogP contribution in [0, 0.1) is 12.8 Å². The first-order valence-corrected chi connectivity index (χ1v) is 14.7. The van der Waals surface area contributed by atoms with Gasteiger partial charge in [-0.15, -0.1) is 0 Å². The average molecular weight is 541 g/mol. The van der Waals surface area contributed by atoms with Gasteiger partial charge in [0.2, 0.25) is 0 Å². The van der Waals surface area contributed by atoms with E-state index in [0.717, 1.165) is 41.2 Å². The summed E-state index contributed by atoms with van der Waals surface area (Å²) in [6.45, 7) is 7.28. The van der Waals surface area contributed by atoms with E-state index in [1.165, 1.54) is 23.7 Å². The summed E-state index contributed by atoms with van der Waals surface area (Å²) < 4.78 is 12.1. The highest BCUT2D eigenvalue weighted by Gasteiger charge is 2.41. The number of amidine groups is 1. The van der Waals surface area contributed by atoms with E-state index in [-0.39, 0.29) is 11.9 Å². The molecule has 0 aromatic heterocycles. The Morgan fingerprint density at radius 1 is 0.974 bits per heavy atom. The van der Waals surface area contributed by atoms with Crippen molar-refractivity contribution < 1.29 is 14.3 Å². The van der Waals surface area contributed by atoms with E-state index in [0.29, 0.717) is 35.5 Å². The molecule has 2 atom stereocenters. The third-order valence-electron chi connectivity index (χ3n) is 7.26. The highest BCUT2D eigenvalue weighted by molar-refractivity contribution is 8.18. The number of thioether (sulfide) groups is 1. The van der Waals surface area contributed by atoms with Crippen LogP contribution in [0.5, 0.6) is 11.5 Å². The van der Waals surface area contributed by atoms with Crippen LogP contribution in [-0.4, -0.2) is 28.6 Å². The summed E-state index contributed by atoms with van der Waals surface area (Å²) in [6, 6.07) is 24.2. The predicted molar refractivity (Wildman–Crippen MR) is 160 cm³/mol. The van der Waals surface area contributed by atoms with E-state index < -0.39 is 0 Å². The number of rotatable bonds is 8. The highest BCUT2D eigenvalue weighted by atomic mass is 32.2. The zero-order valence-corrected chi connectivity index (χ0v) is 23.7. The third kappa shape index (κ3) is 6.56. The number of aryl methyl sites for hydroxylation is 1. The molecule has 0 unspecified atom stereocenters. The van der Waals surface area contributed by atoms with Crippen LogP contribution in [0.2, 0.25) is 0 Å². The number of aliphatic imine (C=N–C) groups is 1. The van der Waals surface area contributed by atoms with Gasteiger partial charge in [0, 0.05) is 6.04 Å². The molecule has 1 saturated carbocycles. The van der Waals surface area contributed by atoms with Crippen molar-refractivity contribution >= 4 is 34.6 Å². The lowest BCUT2D eigenvalue weighted by molar-refractivity contribution is -0.124. The smallest absolute Gasteiger partial charge is 0.267 e.